The first kappa shape index (κ1) is 17.4. The zero-order valence-electron chi connectivity index (χ0n) is 14.9. The quantitative estimate of drug-likeness (QED) is 0.935. The summed E-state index contributed by atoms with van der Waals surface area (Å²) in [4.78, 5) is 19.5. The maximum absolute atomic E-state index is 12.0. The Morgan fingerprint density at radius 1 is 1.16 bits per heavy atom. The Morgan fingerprint density at radius 3 is 2.64 bits per heavy atom. The molecule has 0 spiro atoms. The Balaban J connectivity index is 1.79. The van der Waals surface area contributed by atoms with Gasteiger partial charge in [0.25, 0.3) is 5.56 Å². The van der Waals surface area contributed by atoms with Crippen molar-refractivity contribution in [3.63, 3.8) is 0 Å². The topological polar surface area (TPSA) is 63.1 Å². The van der Waals surface area contributed by atoms with Gasteiger partial charge in [-0.25, -0.2) is 0 Å². The van der Waals surface area contributed by atoms with Crippen molar-refractivity contribution in [1.82, 2.24) is 14.8 Å². The summed E-state index contributed by atoms with van der Waals surface area (Å²) in [5, 5.41) is 9.29. The average molecular weight is 336 g/mol. The number of nitrogens with one attached hydrogen (secondary N) is 1. The molecule has 3 rings (SSSR count). The van der Waals surface area contributed by atoms with Crippen molar-refractivity contribution in [2.75, 3.05) is 33.2 Å². The molecule has 2 heterocycles. The van der Waals surface area contributed by atoms with Crippen molar-refractivity contribution >= 4 is 0 Å². The van der Waals surface area contributed by atoms with Crippen molar-refractivity contribution in [2.24, 2.45) is 0 Å². The Morgan fingerprint density at radius 2 is 1.92 bits per heavy atom. The van der Waals surface area contributed by atoms with Gasteiger partial charge in [-0.2, -0.15) is 5.26 Å². The fourth-order valence-corrected chi connectivity index (χ4v) is 3.33. The van der Waals surface area contributed by atoms with Crippen LogP contribution in [-0.4, -0.2) is 48.0 Å². The van der Waals surface area contributed by atoms with Gasteiger partial charge in [0.2, 0.25) is 0 Å². The minimum Gasteiger partial charge on any atom is -0.325 e. The highest BCUT2D eigenvalue weighted by Crippen LogP contribution is 2.23. The van der Waals surface area contributed by atoms with E-state index in [1.165, 1.54) is 12.0 Å². The van der Waals surface area contributed by atoms with Gasteiger partial charge in [-0.05, 0) is 50.7 Å². The van der Waals surface area contributed by atoms with Gasteiger partial charge in [-0.1, -0.05) is 24.3 Å². The SMILES string of the molecule is Cc1cc(-c2ccc(CN3CCCN(C)CC3)cc2)c(C#N)c(=O)[nH]1. The summed E-state index contributed by atoms with van der Waals surface area (Å²) in [5.74, 6) is 0. The number of nitrogens with zero attached hydrogens (tertiary/aromatic N) is 3. The van der Waals surface area contributed by atoms with Crippen LogP contribution in [0.2, 0.25) is 0 Å². The average Bonchev–Trinajstić information content (AvgIpc) is 2.79. The van der Waals surface area contributed by atoms with E-state index >= 15 is 0 Å². The normalized spacial score (nSPS) is 16.4. The molecule has 5 heteroatoms. The zero-order chi connectivity index (χ0) is 17.8. The van der Waals surface area contributed by atoms with E-state index in [1.807, 2.05) is 31.2 Å². The van der Waals surface area contributed by atoms with Gasteiger partial charge < -0.3 is 9.88 Å². The van der Waals surface area contributed by atoms with Gasteiger partial charge in [0.1, 0.15) is 11.6 Å². The minimum absolute atomic E-state index is 0.175. The second kappa shape index (κ2) is 7.64. The Hall–Kier alpha value is -2.42. The first-order valence-electron chi connectivity index (χ1n) is 8.71. The molecule has 1 aliphatic heterocycles. The number of hydrogen-bond donors (Lipinski definition) is 1. The molecule has 1 aliphatic rings. The Kier molecular flexibility index (Phi) is 5.32. The highest BCUT2D eigenvalue weighted by atomic mass is 16.1. The van der Waals surface area contributed by atoms with Crippen LogP contribution in [0.5, 0.6) is 0 Å². The molecule has 0 saturated carbocycles. The van der Waals surface area contributed by atoms with Crippen molar-refractivity contribution in [2.45, 2.75) is 19.9 Å². The molecule has 130 valence electrons. The second-order valence-electron chi connectivity index (χ2n) is 6.81. The summed E-state index contributed by atoms with van der Waals surface area (Å²) in [7, 11) is 2.18. The van der Waals surface area contributed by atoms with Gasteiger partial charge in [0.05, 0.1) is 0 Å². The molecule has 0 atom stereocenters. The standard InChI is InChI=1S/C20H24N4O/c1-15-12-18(19(13-21)20(25)22-15)17-6-4-16(5-7-17)14-24-9-3-8-23(2)10-11-24/h4-7,12H,3,8-11,14H2,1-2H3,(H,22,25). The molecule has 1 saturated heterocycles. The van der Waals surface area contributed by atoms with E-state index in [2.05, 4.69) is 34.0 Å². The van der Waals surface area contributed by atoms with E-state index in [0.717, 1.165) is 44.0 Å². The second-order valence-corrected chi connectivity index (χ2v) is 6.81. The minimum atomic E-state index is -0.324. The predicted octanol–water partition coefficient (Wildman–Crippen LogP) is 2.36. The fourth-order valence-electron chi connectivity index (χ4n) is 3.33. The molecule has 1 aromatic heterocycles. The number of aryl methyl sites for hydroxylation is 1. The number of benzene rings is 1. The third-order valence-electron chi connectivity index (χ3n) is 4.76. The summed E-state index contributed by atoms with van der Waals surface area (Å²) in [5.41, 5.74) is 3.48. The number of aromatic amines is 1. The van der Waals surface area contributed by atoms with E-state index in [0.29, 0.717) is 5.56 Å². The molecule has 0 aliphatic carbocycles. The lowest BCUT2D eigenvalue weighted by atomic mass is 10.00. The van der Waals surface area contributed by atoms with Gasteiger partial charge in [-0.15, -0.1) is 0 Å². The van der Waals surface area contributed by atoms with Crippen LogP contribution in [0, 0.1) is 18.3 Å². The molecular formula is C20H24N4O. The smallest absolute Gasteiger partial charge is 0.266 e. The van der Waals surface area contributed by atoms with E-state index in [4.69, 9.17) is 0 Å². The molecule has 0 radical (unpaired) electrons. The number of likely N-dealkylation sites (N-methyl/N-ethyl adjacent to an activating group) is 1. The van der Waals surface area contributed by atoms with E-state index < -0.39 is 0 Å². The van der Waals surface area contributed by atoms with Crippen molar-refractivity contribution in [1.29, 1.82) is 5.26 Å². The van der Waals surface area contributed by atoms with Crippen LogP contribution in [-0.2, 0) is 6.54 Å². The van der Waals surface area contributed by atoms with E-state index in [9.17, 15) is 10.1 Å². The predicted molar refractivity (Wildman–Crippen MR) is 99.3 cm³/mol. The summed E-state index contributed by atoms with van der Waals surface area (Å²) in [6.45, 7) is 7.25. The van der Waals surface area contributed by atoms with E-state index in [1.54, 1.807) is 0 Å². The number of aromatic nitrogens is 1. The summed E-state index contributed by atoms with van der Waals surface area (Å²) in [6.07, 6.45) is 1.20. The maximum Gasteiger partial charge on any atom is 0.266 e. The maximum atomic E-state index is 12.0. The number of nitriles is 1. The van der Waals surface area contributed by atoms with Gasteiger partial charge in [0, 0.05) is 30.9 Å². The largest absolute Gasteiger partial charge is 0.325 e. The zero-order valence-corrected chi connectivity index (χ0v) is 14.9. The number of H-pyrrole nitrogens is 1. The molecule has 1 fully saturated rings. The lowest BCUT2D eigenvalue weighted by molar-refractivity contribution is 0.269. The number of pyridine rings is 1. The molecule has 0 amide bonds. The molecule has 0 bridgehead atoms. The highest BCUT2D eigenvalue weighted by molar-refractivity contribution is 5.70. The van der Waals surface area contributed by atoms with Crippen molar-refractivity contribution in [3.05, 3.63) is 57.5 Å². The third kappa shape index (κ3) is 4.16. The lowest BCUT2D eigenvalue weighted by Gasteiger charge is -2.20. The van der Waals surface area contributed by atoms with Crippen LogP contribution in [0.1, 0.15) is 23.2 Å². The van der Waals surface area contributed by atoms with Crippen LogP contribution in [0.4, 0.5) is 0 Å². The van der Waals surface area contributed by atoms with Gasteiger partial charge in [-0.3, -0.25) is 9.69 Å². The molecule has 2 aromatic rings. The first-order valence-corrected chi connectivity index (χ1v) is 8.71. The van der Waals surface area contributed by atoms with Crippen LogP contribution in [0.15, 0.2) is 35.1 Å². The number of hydrogen-bond acceptors (Lipinski definition) is 4. The van der Waals surface area contributed by atoms with Crippen LogP contribution in [0.25, 0.3) is 11.1 Å². The summed E-state index contributed by atoms with van der Waals surface area (Å²) >= 11 is 0. The van der Waals surface area contributed by atoms with E-state index in [-0.39, 0.29) is 11.1 Å². The highest BCUT2D eigenvalue weighted by Gasteiger charge is 2.13. The van der Waals surface area contributed by atoms with Crippen molar-refractivity contribution < 1.29 is 0 Å². The molecule has 5 nitrogen and oxygen atoms in total. The Bertz CT molecular complexity index is 832. The molecular weight excluding hydrogens is 312 g/mol. The lowest BCUT2D eigenvalue weighted by Crippen LogP contribution is -2.28. The van der Waals surface area contributed by atoms with Gasteiger partial charge >= 0.3 is 0 Å². The van der Waals surface area contributed by atoms with Crippen LogP contribution < -0.4 is 5.56 Å². The first-order chi connectivity index (χ1) is 12.1. The Labute approximate surface area is 148 Å². The number of rotatable bonds is 3. The summed E-state index contributed by atoms with van der Waals surface area (Å²) < 4.78 is 0. The van der Waals surface area contributed by atoms with Crippen molar-refractivity contribution in [3.8, 4) is 17.2 Å². The monoisotopic (exact) mass is 336 g/mol. The third-order valence-corrected chi connectivity index (χ3v) is 4.76. The summed E-state index contributed by atoms with van der Waals surface area (Å²) in [6, 6.07) is 12.1. The molecule has 0 unspecified atom stereocenters. The van der Waals surface area contributed by atoms with Crippen LogP contribution in [0.3, 0.4) is 0 Å². The molecule has 25 heavy (non-hydrogen) atoms. The fraction of sp³-hybridized carbons (Fsp3) is 0.400. The molecule has 1 N–H and O–H groups in total. The van der Waals surface area contributed by atoms with Gasteiger partial charge in [0.15, 0.2) is 0 Å². The van der Waals surface area contributed by atoms with Crippen LogP contribution >= 0.6 is 0 Å². The molecule has 1 aromatic carbocycles.